The number of nitro benzene ring substituents is 1. The molecule has 0 saturated carbocycles. The standard InChI is InChI=1S/C15H20N2O4/c1-11-8-13(10-14(9-11)17(20)21)16-6-4-12(5-7-16)2-3-15(18)19/h8-10,12H,2-7H2,1H3,(H,18,19). The molecule has 1 aliphatic rings. The topological polar surface area (TPSA) is 83.7 Å². The molecule has 21 heavy (non-hydrogen) atoms. The predicted molar refractivity (Wildman–Crippen MR) is 79.6 cm³/mol. The Kier molecular flexibility index (Phi) is 4.77. The smallest absolute Gasteiger partial charge is 0.303 e. The Morgan fingerprint density at radius 1 is 1.38 bits per heavy atom. The van der Waals surface area contributed by atoms with Crippen LogP contribution in [0.15, 0.2) is 18.2 Å². The van der Waals surface area contributed by atoms with Crippen LogP contribution < -0.4 is 4.90 Å². The van der Waals surface area contributed by atoms with Crippen molar-refractivity contribution in [2.75, 3.05) is 18.0 Å². The van der Waals surface area contributed by atoms with Gasteiger partial charge < -0.3 is 10.0 Å². The van der Waals surface area contributed by atoms with E-state index in [2.05, 4.69) is 4.90 Å². The van der Waals surface area contributed by atoms with Crippen molar-refractivity contribution in [3.63, 3.8) is 0 Å². The van der Waals surface area contributed by atoms with Crippen molar-refractivity contribution < 1.29 is 14.8 Å². The lowest BCUT2D eigenvalue weighted by atomic mass is 9.92. The third-order valence-corrected chi connectivity index (χ3v) is 4.00. The maximum absolute atomic E-state index is 10.9. The minimum Gasteiger partial charge on any atom is -0.481 e. The fraction of sp³-hybridized carbons (Fsp3) is 0.533. The van der Waals surface area contributed by atoms with E-state index in [0.717, 1.165) is 43.6 Å². The largest absolute Gasteiger partial charge is 0.481 e. The van der Waals surface area contributed by atoms with Crippen LogP contribution in [0.3, 0.4) is 0 Å². The molecule has 1 aromatic carbocycles. The van der Waals surface area contributed by atoms with Crippen LogP contribution in [0.25, 0.3) is 0 Å². The summed E-state index contributed by atoms with van der Waals surface area (Å²) >= 11 is 0. The van der Waals surface area contributed by atoms with E-state index in [0.29, 0.717) is 5.92 Å². The van der Waals surface area contributed by atoms with Gasteiger partial charge in [0.25, 0.3) is 5.69 Å². The Labute approximate surface area is 123 Å². The number of carboxylic acid groups (broad SMARTS) is 1. The Morgan fingerprint density at radius 2 is 2.05 bits per heavy atom. The maximum Gasteiger partial charge on any atom is 0.303 e. The molecule has 1 aromatic rings. The van der Waals surface area contributed by atoms with Gasteiger partial charge >= 0.3 is 5.97 Å². The average Bonchev–Trinajstić information content (AvgIpc) is 2.45. The quantitative estimate of drug-likeness (QED) is 0.666. The molecule has 0 spiro atoms. The molecule has 0 radical (unpaired) electrons. The van der Waals surface area contributed by atoms with Crippen LogP contribution in [0, 0.1) is 23.0 Å². The number of anilines is 1. The molecule has 0 aromatic heterocycles. The van der Waals surface area contributed by atoms with E-state index in [1.807, 2.05) is 13.0 Å². The molecule has 0 atom stereocenters. The fourth-order valence-corrected chi connectivity index (χ4v) is 2.84. The molecule has 0 aliphatic carbocycles. The summed E-state index contributed by atoms with van der Waals surface area (Å²) in [6, 6.07) is 5.15. The van der Waals surface area contributed by atoms with Crippen molar-refractivity contribution in [2.45, 2.75) is 32.6 Å². The first-order valence-electron chi connectivity index (χ1n) is 7.18. The van der Waals surface area contributed by atoms with Crippen LogP contribution in [0.5, 0.6) is 0 Å². The SMILES string of the molecule is Cc1cc(N2CCC(CCC(=O)O)CC2)cc([N+](=O)[O-])c1. The highest BCUT2D eigenvalue weighted by Crippen LogP contribution is 2.29. The summed E-state index contributed by atoms with van der Waals surface area (Å²) in [5, 5.41) is 19.6. The number of carbonyl (C=O) groups is 1. The second-order valence-electron chi connectivity index (χ2n) is 5.65. The zero-order valence-electron chi connectivity index (χ0n) is 12.1. The Hall–Kier alpha value is -2.11. The first-order valence-corrected chi connectivity index (χ1v) is 7.18. The number of carboxylic acids is 1. The fourth-order valence-electron chi connectivity index (χ4n) is 2.84. The number of piperidine rings is 1. The molecule has 1 heterocycles. The van der Waals surface area contributed by atoms with E-state index in [1.165, 1.54) is 0 Å². The van der Waals surface area contributed by atoms with E-state index >= 15 is 0 Å². The lowest BCUT2D eigenvalue weighted by molar-refractivity contribution is -0.384. The van der Waals surface area contributed by atoms with Crippen LogP contribution in [0.2, 0.25) is 0 Å². The molecule has 6 nitrogen and oxygen atoms in total. The zero-order valence-corrected chi connectivity index (χ0v) is 12.1. The highest BCUT2D eigenvalue weighted by atomic mass is 16.6. The lowest BCUT2D eigenvalue weighted by Crippen LogP contribution is -2.33. The summed E-state index contributed by atoms with van der Waals surface area (Å²) in [5.74, 6) is -0.302. The summed E-state index contributed by atoms with van der Waals surface area (Å²) in [4.78, 5) is 23.3. The molecule has 0 bridgehead atoms. The second kappa shape index (κ2) is 6.56. The predicted octanol–water partition coefficient (Wildman–Crippen LogP) is 2.98. The Balaban J connectivity index is 1.99. The molecule has 1 aliphatic heterocycles. The molecule has 1 fully saturated rings. The van der Waals surface area contributed by atoms with Gasteiger partial charge in [0.1, 0.15) is 0 Å². The van der Waals surface area contributed by atoms with Crippen molar-refractivity contribution in [1.29, 1.82) is 0 Å². The number of rotatable bonds is 5. The van der Waals surface area contributed by atoms with Gasteiger partial charge in [-0.3, -0.25) is 14.9 Å². The van der Waals surface area contributed by atoms with Crippen LogP contribution in [0.4, 0.5) is 11.4 Å². The molecule has 2 rings (SSSR count). The summed E-state index contributed by atoms with van der Waals surface area (Å²) < 4.78 is 0. The van der Waals surface area contributed by atoms with Gasteiger partial charge in [0.2, 0.25) is 0 Å². The van der Waals surface area contributed by atoms with Crippen molar-refractivity contribution in [3.8, 4) is 0 Å². The second-order valence-corrected chi connectivity index (χ2v) is 5.65. The zero-order chi connectivity index (χ0) is 15.4. The van der Waals surface area contributed by atoms with Crippen molar-refractivity contribution >= 4 is 17.3 Å². The van der Waals surface area contributed by atoms with Gasteiger partial charge in [-0.25, -0.2) is 0 Å². The van der Waals surface area contributed by atoms with E-state index in [4.69, 9.17) is 5.11 Å². The highest BCUT2D eigenvalue weighted by Gasteiger charge is 2.21. The third kappa shape index (κ3) is 4.18. The lowest BCUT2D eigenvalue weighted by Gasteiger charge is -2.33. The third-order valence-electron chi connectivity index (χ3n) is 4.00. The van der Waals surface area contributed by atoms with E-state index in [-0.39, 0.29) is 17.0 Å². The van der Waals surface area contributed by atoms with Crippen molar-refractivity contribution in [3.05, 3.63) is 33.9 Å². The van der Waals surface area contributed by atoms with E-state index < -0.39 is 5.97 Å². The average molecular weight is 292 g/mol. The summed E-state index contributed by atoms with van der Waals surface area (Å²) in [7, 11) is 0. The van der Waals surface area contributed by atoms with Gasteiger partial charge in [0.05, 0.1) is 4.92 Å². The molecule has 1 saturated heterocycles. The number of hydrogen-bond acceptors (Lipinski definition) is 4. The van der Waals surface area contributed by atoms with Crippen LogP contribution >= 0.6 is 0 Å². The Morgan fingerprint density at radius 3 is 2.62 bits per heavy atom. The monoisotopic (exact) mass is 292 g/mol. The molecular weight excluding hydrogens is 272 g/mol. The molecular formula is C15H20N2O4. The number of nitrogens with zero attached hydrogens (tertiary/aromatic N) is 2. The highest BCUT2D eigenvalue weighted by molar-refractivity contribution is 5.66. The Bertz CT molecular complexity index is 536. The number of non-ortho nitro benzene ring substituents is 1. The number of hydrogen-bond donors (Lipinski definition) is 1. The molecule has 114 valence electrons. The van der Waals surface area contributed by atoms with E-state index in [9.17, 15) is 14.9 Å². The van der Waals surface area contributed by atoms with Gasteiger partial charge in [0.15, 0.2) is 0 Å². The van der Waals surface area contributed by atoms with Crippen LogP contribution in [-0.2, 0) is 4.79 Å². The van der Waals surface area contributed by atoms with Gasteiger partial charge in [0, 0.05) is 37.3 Å². The normalized spacial score (nSPS) is 16.0. The number of nitro groups is 1. The maximum atomic E-state index is 10.9. The number of benzene rings is 1. The molecule has 1 N–H and O–H groups in total. The minimum absolute atomic E-state index is 0.123. The minimum atomic E-state index is -0.744. The van der Waals surface area contributed by atoms with E-state index in [1.54, 1.807) is 12.1 Å². The summed E-state index contributed by atoms with van der Waals surface area (Å²) in [5.41, 5.74) is 1.89. The summed E-state index contributed by atoms with van der Waals surface area (Å²) in [6.07, 6.45) is 2.82. The van der Waals surface area contributed by atoms with Gasteiger partial charge in [-0.05, 0) is 43.7 Å². The van der Waals surface area contributed by atoms with Crippen LogP contribution in [0.1, 0.15) is 31.2 Å². The van der Waals surface area contributed by atoms with Crippen molar-refractivity contribution in [1.82, 2.24) is 0 Å². The number of aliphatic carboxylic acids is 1. The summed E-state index contributed by atoms with van der Waals surface area (Å²) in [6.45, 7) is 3.51. The molecule has 0 amide bonds. The molecule has 0 unspecified atom stereocenters. The van der Waals surface area contributed by atoms with Crippen molar-refractivity contribution in [2.24, 2.45) is 5.92 Å². The number of aryl methyl sites for hydroxylation is 1. The first kappa shape index (κ1) is 15.3. The van der Waals surface area contributed by atoms with Gasteiger partial charge in [-0.15, -0.1) is 0 Å². The van der Waals surface area contributed by atoms with Gasteiger partial charge in [-0.1, -0.05) is 0 Å². The first-order chi connectivity index (χ1) is 9.95. The van der Waals surface area contributed by atoms with Crippen LogP contribution in [-0.4, -0.2) is 29.1 Å². The molecule has 6 heteroatoms. The van der Waals surface area contributed by atoms with Gasteiger partial charge in [-0.2, -0.15) is 0 Å².